The lowest BCUT2D eigenvalue weighted by Crippen LogP contribution is -2.25. The van der Waals surface area contributed by atoms with Crippen LogP contribution in [0.25, 0.3) is 0 Å². The van der Waals surface area contributed by atoms with Crippen molar-refractivity contribution >= 4 is 5.97 Å². The van der Waals surface area contributed by atoms with E-state index in [0.29, 0.717) is 12.0 Å². The SMILES string of the molecule is C=C(CCC(C)(C)C)C(=O)OC(C)(C)C. The molecule has 0 amide bonds. The summed E-state index contributed by atoms with van der Waals surface area (Å²) in [6.45, 7) is 15.8. The third-order valence-corrected chi connectivity index (χ3v) is 1.86. The molecule has 2 nitrogen and oxygen atoms in total. The fraction of sp³-hybridized carbons (Fsp3) is 0.769. The van der Waals surface area contributed by atoms with Crippen LogP contribution in [0.3, 0.4) is 0 Å². The van der Waals surface area contributed by atoms with Crippen LogP contribution in [0.15, 0.2) is 12.2 Å². The van der Waals surface area contributed by atoms with Crippen LogP contribution in [-0.4, -0.2) is 11.6 Å². The Labute approximate surface area is 93.7 Å². The third kappa shape index (κ3) is 8.22. The Bertz CT molecular complexity index is 238. The molecule has 0 rings (SSSR count). The number of esters is 1. The highest BCUT2D eigenvalue weighted by Gasteiger charge is 2.20. The second-order valence-electron chi connectivity index (χ2n) is 6.17. The topological polar surface area (TPSA) is 26.3 Å². The number of ether oxygens (including phenoxy) is 1. The molecule has 0 aliphatic carbocycles. The summed E-state index contributed by atoms with van der Waals surface area (Å²) in [5, 5.41) is 0. The Morgan fingerprint density at radius 1 is 1.13 bits per heavy atom. The van der Waals surface area contributed by atoms with Gasteiger partial charge in [0.2, 0.25) is 0 Å². The number of hydrogen-bond acceptors (Lipinski definition) is 2. The minimum atomic E-state index is -0.429. The summed E-state index contributed by atoms with van der Waals surface area (Å²) in [4.78, 5) is 11.6. The molecule has 0 fully saturated rings. The molecule has 0 N–H and O–H groups in total. The van der Waals surface area contributed by atoms with Gasteiger partial charge >= 0.3 is 5.97 Å². The summed E-state index contributed by atoms with van der Waals surface area (Å²) in [5.41, 5.74) is 0.368. The average molecular weight is 212 g/mol. The van der Waals surface area contributed by atoms with Gasteiger partial charge in [-0.25, -0.2) is 4.79 Å². The van der Waals surface area contributed by atoms with E-state index in [4.69, 9.17) is 4.74 Å². The zero-order chi connectivity index (χ0) is 12.3. The van der Waals surface area contributed by atoms with Crippen LogP contribution in [0.5, 0.6) is 0 Å². The second kappa shape index (κ2) is 4.82. The van der Waals surface area contributed by atoms with E-state index in [2.05, 4.69) is 27.4 Å². The van der Waals surface area contributed by atoms with Crippen molar-refractivity contribution in [3.8, 4) is 0 Å². The third-order valence-electron chi connectivity index (χ3n) is 1.86. The molecule has 0 aromatic carbocycles. The summed E-state index contributed by atoms with van der Waals surface area (Å²) in [6.07, 6.45) is 1.66. The average Bonchev–Trinajstić information content (AvgIpc) is 1.95. The molecule has 88 valence electrons. The maximum Gasteiger partial charge on any atom is 0.333 e. The molecule has 0 aromatic rings. The summed E-state index contributed by atoms with van der Waals surface area (Å²) < 4.78 is 5.23. The number of hydrogen-bond donors (Lipinski definition) is 0. The van der Waals surface area contributed by atoms with Gasteiger partial charge in [-0.05, 0) is 39.0 Å². The van der Waals surface area contributed by atoms with Crippen LogP contribution in [0.2, 0.25) is 0 Å². The lowest BCUT2D eigenvalue weighted by molar-refractivity contribution is -0.150. The minimum Gasteiger partial charge on any atom is -0.457 e. The molecule has 15 heavy (non-hydrogen) atoms. The van der Waals surface area contributed by atoms with Crippen molar-refractivity contribution < 1.29 is 9.53 Å². The Balaban J connectivity index is 4.08. The van der Waals surface area contributed by atoms with E-state index in [1.54, 1.807) is 0 Å². The molecule has 0 spiro atoms. The zero-order valence-electron chi connectivity index (χ0n) is 10.9. The maximum atomic E-state index is 11.6. The van der Waals surface area contributed by atoms with Crippen LogP contribution >= 0.6 is 0 Å². The minimum absolute atomic E-state index is 0.227. The van der Waals surface area contributed by atoms with E-state index < -0.39 is 5.60 Å². The number of carbonyl (C=O) groups is 1. The first-order valence-corrected chi connectivity index (χ1v) is 5.42. The molecule has 2 heteroatoms. The van der Waals surface area contributed by atoms with E-state index in [-0.39, 0.29) is 11.4 Å². The molecule has 0 aliphatic heterocycles. The Morgan fingerprint density at radius 3 is 1.93 bits per heavy atom. The maximum absolute atomic E-state index is 11.6. The van der Waals surface area contributed by atoms with Crippen LogP contribution in [0.1, 0.15) is 54.4 Å². The Hall–Kier alpha value is -0.790. The van der Waals surface area contributed by atoms with Crippen LogP contribution in [-0.2, 0) is 9.53 Å². The number of carbonyl (C=O) groups excluding carboxylic acids is 1. The Kier molecular flexibility index (Phi) is 4.57. The van der Waals surface area contributed by atoms with Gasteiger partial charge in [0.05, 0.1) is 0 Å². The first kappa shape index (κ1) is 14.2. The molecule has 0 aliphatic rings. The van der Waals surface area contributed by atoms with Gasteiger partial charge in [0.25, 0.3) is 0 Å². The van der Waals surface area contributed by atoms with Crippen molar-refractivity contribution in [2.75, 3.05) is 0 Å². The van der Waals surface area contributed by atoms with E-state index in [9.17, 15) is 4.79 Å². The summed E-state index contributed by atoms with van der Waals surface area (Å²) in [7, 11) is 0. The van der Waals surface area contributed by atoms with Crippen LogP contribution < -0.4 is 0 Å². The van der Waals surface area contributed by atoms with Gasteiger partial charge in [0.15, 0.2) is 0 Å². The molecule has 0 radical (unpaired) electrons. The lowest BCUT2D eigenvalue weighted by atomic mass is 9.89. The zero-order valence-corrected chi connectivity index (χ0v) is 10.9. The monoisotopic (exact) mass is 212 g/mol. The predicted molar refractivity (Wildman–Crippen MR) is 63.7 cm³/mol. The highest BCUT2D eigenvalue weighted by atomic mass is 16.6. The van der Waals surface area contributed by atoms with E-state index >= 15 is 0 Å². The smallest absolute Gasteiger partial charge is 0.333 e. The van der Waals surface area contributed by atoms with Crippen molar-refractivity contribution in [3.63, 3.8) is 0 Å². The normalized spacial score (nSPS) is 12.4. The van der Waals surface area contributed by atoms with E-state index in [1.807, 2.05) is 20.8 Å². The van der Waals surface area contributed by atoms with Crippen molar-refractivity contribution in [2.24, 2.45) is 5.41 Å². The van der Waals surface area contributed by atoms with Gasteiger partial charge < -0.3 is 4.74 Å². The fourth-order valence-corrected chi connectivity index (χ4v) is 0.978. The molecule has 0 saturated carbocycles. The fourth-order valence-electron chi connectivity index (χ4n) is 0.978. The van der Waals surface area contributed by atoms with Crippen molar-refractivity contribution in [1.29, 1.82) is 0 Å². The highest BCUT2D eigenvalue weighted by molar-refractivity contribution is 5.87. The highest BCUT2D eigenvalue weighted by Crippen LogP contribution is 2.23. The van der Waals surface area contributed by atoms with Gasteiger partial charge in [0, 0.05) is 5.57 Å². The molecule has 0 unspecified atom stereocenters. The summed E-state index contributed by atoms with van der Waals surface area (Å²) in [6, 6.07) is 0. The lowest BCUT2D eigenvalue weighted by Gasteiger charge is -2.22. The first-order valence-electron chi connectivity index (χ1n) is 5.42. The Morgan fingerprint density at radius 2 is 1.60 bits per heavy atom. The predicted octanol–water partition coefficient (Wildman–Crippen LogP) is 3.71. The van der Waals surface area contributed by atoms with Crippen LogP contribution in [0, 0.1) is 5.41 Å². The van der Waals surface area contributed by atoms with E-state index in [0.717, 1.165) is 6.42 Å². The largest absolute Gasteiger partial charge is 0.457 e. The molecule has 0 saturated heterocycles. The molecule has 0 heterocycles. The standard InChI is InChI=1S/C13H24O2/c1-10(8-9-12(2,3)4)11(14)15-13(5,6)7/h1,8-9H2,2-7H3. The number of rotatable bonds is 3. The van der Waals surface area contributed by atoms with Gasteiger partial charge in [-0.3, -0.25) is 0 Å². The quantitative estimate of drug-likeness (QED) is 0.526. The second-order valence-corrected chi connectivity index (χ2v) is 6.17. The first-order chi connectivity index (χ1) is 6.51. The van der Waals surface area contributed by atoms with Crippen molar-refractivity contribution in [3.05, 3.63) is 12.2 Å². The van der Waals surface area contributed by atoms with Gasteiger partial charge in [-0.15, -0.1) is 0 Å². The molecule has 0 bridgehead atoms. The van der Waals surface area contributed by atoms with Crippen molar-refractivity contribution in [2.45, 2.75) is 60.0 Å². The van der Waals surface area contributed by atoms with E-state index in [1.165, 1.54) is 0 Å². The van der Waals surface area contributed by atoms with Crippen molar-refractivity contribution in [1.82, 2.24) is 0 Å². The summed E-state index contributed by atoms with van der Waals surface area (Å²) >= 11 is 0. The van der Waals surface area contributed by atoms with Crippen LogP contribution in [0.4, 0.5) is 0 Å². The van der Waals surface area contributed by atoms with Gasteiger partial charge in [-0.2, -0.15) is 0 Å². The molecule has 0 atom stereocenters. The molecular weight excluding hydrogens is 188 g/mol. The van der Waals surface area contributed by atoms with Gasteiger partial charge in [0.1, 0.15) is 5.60 Å². The molecule has 0 aromatic heterocycles. The molecular formula is C13H24O2. The van der Waals surface area contributed by atoms with Gasteiger partial charge in [-0.1, -0.05) is 27.4 Å². The summed E-state index contributed by atoms with van der Waals surface area (Å²) in [5.74, 6) is -0.272.